The topological polar surface area (TPSA) is 136 Å². The zero-order valence-electron chi connectivity index (χ0n) is 15.8. The molecule has 3 N–H and O–H groups in total. The van der Waals surface area contributed by atoms with E-state index in [1.54, 1.807) is 6.07 Å². The van der Waals surface area contributed by atoms with Crippen LogP contribution in [0.2, 0.25) is 0 Å². The Balaban J connectivity index is 2.61. The first-order valence-corrected chi connectivity index (χ1v) is 11.5. The number of rotatable bonds is 7. The van der Waals surface area contributed by atoms with E-state index < -0.39 is 61.3 Å². The number of hydrogen-bond acceptors (Lipinski definition) is 5. The first kappa shape index (κ1) is 24.5. The lowest BCUT2D eigenvalue weighted by Crippen LogP contribution is -2.57. The molecule has 13 heteroatoms. The minimum atomic E-state index is -4.89. The average molecular weight is 475 g/mol. The predicted molar refractivity (Wildman–Crippen MR) is 107 cm³/mol. The molecule has 0 aliphatic rings. The van der Waals surface area contributed by atoms with Crippen molar-refractivity contribution >= 4 is 32.7 Å². The third kappa shape index (κ3) is 6.11. The number of sulfonamides is 1. The van der Waals surface area contributed by atoms with Crippen LogP contribution in [0.25, 0.3) is 0 Å². The van der Waals surface area contributed by atoms with Crippen molar-refractivity contribution in [3.05, 3.63) is 65.2 Å². The van der Waals surface area contributed by atoms with E-state index in [4.69, 9.17) is 5.26 Å². The van der Waals surface area contributed by atoms with Gasteiger partial charge < -0.3 is 9.87 Å². The molecule has 0 fully saturated rings. The highest BCUT2D eigenvalue weighted by Crippen LogP contribution is 2.34. The Morgan fingerprint density at radius 2 is 1.81 bits per heavy atom. The number of anilines is 1. The average Bonchev–Trinajstić information content (AvgIpc) is 2.65. The van der Waals surface area contributed by atoms with E-state index in [0.29, 0.717) is 6.07 Å². The molecule has 0 radical (unpaired) electrons. The maximum absolute atomic E-state index is 13.2. The summed E-state index contributed by atoms with van der Waals surface area (Å²) in [5.41, 5.74) is -4.69. The molecule has 0 bridgehead atoms. The van der Waals surface area contributed by atoms with Crippen molar-refractivity contribution in [3.63, 3.8) is 0 Å². The van der Waals surface area contributed by atoms with Gasteiger partial charge in [0.25, 0.3) is 5.91 Å². The highest BCUT2D eigenvalue weighted by atomic mass is 32.2. The summed E-state index contributed by atoms with van der Waals surface area (Å²) in [5, 5.41) is 11.0. The van der Waals surface area contributed by atoms with Crippen LogP contribution in [-0.4, -0.2) is 35.1 Å². The fourth-order valence-corrected chi connectivity index (χ4v) is 4.58. The number of carbonyl (C=O) groups excluding carboxylic acids is 1. The van der Waals surface area contributed by atoms with Crippen molar-refractivity contribution in [2.24, 2.45) is 0 Å². The summed E-state index contributed by atoms with van der Waals surface area (Å²) in [5.74, 6) is -2.11. The van der Waals surface area contributed by atoms with Gasteiger partial charge in [-0.15, -0.1) is 0 Å². The lowest BCUT2D eigenvalue weighted by Gasteiger charge is -2.32. The molecule has 1 unspecified atom stereocenters. The number of halogens is 3. The Kier molecular flexibility index (Phi) is 7.22. The summed E-state index contributed by atoms with van der Waals surface area (Å²) in [7, 11) is -4.13. The third-order valence-electron chi connectivity index (χ3n) is 4.06. The van der Waals surface area contributed by atoms with Gasteiger partial charge in [0.1, 0.15) is 0 Å². The van der Waals surface area contributed by atoms with Gasteiger partial charge in [0.2, 0.25) is 10.0 Å². The smallest absolute Gasteiger partial charge is 0.324 e. The maximum Gasteiger partial charge on any atom is 0.417 e. The molecular weight excluding hydrogens is 459 g/mol. The van der Waals surface area contributed by atoms with Gasteiger partial charge in [-0.05, 0) is 23.8 Å². The van der Waals surface area contributed by atoms with Gasteiger partial charge >= 0.3 is 6.18 Å². The van der Waals surface area contributed by atoms with Gasteiger partial charge in [0.05, 0.1) is 29.2 Å². The molecule has 0 heterocycles. The number of alkyl halides is 3. The van der Waals surface area contributed by atoms with E-state index in [1.165, 1.54) is 30.3 Å². The van der Waals surface area contributed by atoms with Crippen LogP contribution < -0.4 is 10.0 Å². The molecular formula is C18H16F3N3O5S2. The fourth-order valence-electron chi connectivity index (χ4n) is 2.83. The lowest BCUT2D eigenvalue weighted by atomic mass is 9.91. The second kappa shape index (κ2) is 9.15. The highest BCUT2D eigenvalue weighted by Gasteiger charge is 2.45. The van der Waals surface area contributed by atoms with E-state index >= 15 is 0 Å². The molecule has 0 aliphatic heterocycles. The van der Waals surface area contributed by atoms with Crippen LogP contribution in [0.4, 0.5) is 18.9 Å². The number of amides is 1. The lowest BCUT2D eigenvalue weighted by molar-refractivity contribution is -0.137. The number of benzene rings is 2. The van der Waals surface area contributed by atoms with Crippen molar-refractivity contribution in [3.8, 4) is 6.07 Å². The highest BCUT2D eigenvalue weighted by molar-refractivity contribution is 7.88. The molecule has 0 saturated carbocycles. The standard InChI is InChI=1S/C18H16F3N3O5S2/c1-31(28,29)24-17(11-30(26)27,13-5-3-2-4-6-13)16(25)23-14-8-7-12(10-22)15(9-14)18(19,20)21/h2-9,24H,11H2,1H3,(H,23,25)(H,26,27)/t17-/m1/s1. The van der Waals surface area contributed by atoms with Crippen LogP contribution in [0.15, 0.2) is 48.5 Å². The van der Waals surface area contributed by atoms with E-state index in [9.17, 15) is 35.1 Å². The molecule has 31 heavy (non-hydrogen) atoms. The molecule has 0 aromatic heterocycles. The fraction of sp³-hybridized carbons (Fsp3) is 0.222. The molecule has 0 saturated heterocycles. The van der Waals surface area contributed by atoms with Crippen LogP contribution in [0, 0.1) is 11.3 Å². The number of carbonyl (C=O) groups is 1. The summed E-state index contributed by atoms with van der Waals surface area (Å²) in [6.45, 7) is 0. The summed E-state index contributed by atoms with van der Waals surface area (Å²) in [4.78, 5) is 13.1. The second-order valence-electron chi connectivity index (χ2n) is 6.44. The number of nitrogens with one attached hydrogen (secondary N) is 2. The number of nitrogens with zero attached hydrogens (tertiary/aromatic N) is 1. The van der Waals surface area contributed by atoms with Crippen LogP contribution in [0.1, 0.15) is 16.7 Å². The van der Waals surface area contributed by atoms with Crippen molar-refractivity contribution in [1.29, 1.82) is 5.26 Å². The van der Waals surface area contributed by atoms with Gasteiger partial charge in [-0.1, -0.05) is 30.3 Å². The van der Waals surface area contributed by atoms with Crippen LogP contribution in [-0.2, 0) is 37.6 Å². The van der Waals surface area contributed by atoms with Crippen LogP contribution in [0.3, 0.4) is 0 Å². The zero-order valence-corrected chi connectivity index (χ0v) is 17.4. The molecule has 0 spiro atoms. The Hall–Kier alpha value is -2.79. The number of nitriles is 1. The molecule has 2 aromatic rings. The predicted octanol–water partition coefficient (Wildman–Crippen LogP) is 2.18. The normalized spacial score (nSPS) is 14.8. The quantitative estimate of drug-likeness (QED) is 0.525. The van der Waals surface area contributed by atoms with Crippen molar-refractivity contribution in [1.82, 2.24) is 4.72 Å². The maximum atomic E-state index is 13.2. The molecule has 2 aromatic carbocycles. The Labute approximate surface area is 178 Å². The van der Waals surface area contributed by atoms with Gasteiger partial charge in [-0.2, -0.15) is 23.2 Å². The minimum Gasteiger partial charge on any atom is -0.324 e. The Morgan fingerprint density at radius 1 is 1.19 bits per heavy atom. The molecule has 8 nitrogen and oxygen atoms in total. The SMILES string of the molecule is CS(=O)(=O)N[C@@](CS(=O)O)(C(=O)Nc1ccc(C#N)c(C(F)(F)F)c1)c1ccccc1. The third-order valence-corrected chi connectivity index (χ3v) is 5.46. The van der Waals surface area contributed by atoms with Crippen molar-refractivity contribution in [2.45, 2.75) is 11.7 Å². The summed E-state index contributed by atoms with van der Waals surface area (Å²) in [6, 6.07) is 10.9. The summed E-state index contributed by atoms with van der Waals surface area (Å²) >= 11 is -2.68. The molecule has 2 atom stereocenters. The van der Waals surface area contributed by atoms with E-state index in [-0.39, 0.29) is 5.56 Å². The monoisotopic (exact) mass is 475 g/mol. The first-order valence-electron chi connectivity index (χ1n) is 8.33. The second-order valence-corrected chi connectivity index (χ2v) is 9.12. The summed E-state index contributed by atoms with van der Waals surface area (Å²) in [6.07, 6.45) is -4.17. The van der Waals surface area contributed by atoms with Gasteiger partial charge in [0, 0.05) is 5.69 Å². The summed E-state index contributed by atoms with van der Waals surface area (Å²) < 4.78 is 86.7. The molecule has 166 valence electrons. The largest absolute Gasteiger partial charge is 0.417 e. The van der Waals surface area contributed by atoms with Crippen LogP contribution >= 0.6 is 0 Å². The van der Waals surface area contributed by atoms with Gasteiger partial charge in [-0.25, -0.2) is 12.6 Å². The van der Waals surface area contributed by atoms with E-state index in [1.807, 2.05) is 4.72 Å². The molecule has 2 rings (SSSR count). The molecule has 1 amide bonds. The van der Waals surface area contributed by atoms with Crippen LogP contribution in [0.5, 0.6) is 0 Å². The minimum absolute atomic E-state index is 0.00925. The Bertz CT molecular complexity index is 1150. The van der Waals surface area contributed by atoms with Gasteiger partial charge in [-0.3, -0.25) is 4.79 Å². The van der Waals surface area contributed by atoms with Gasteiger partial charge in [0.15, 0.2) is 16.6 Å². The van der Waals surface area contributed by atoms with Crippen molar-refractivity contribution < 1.29 is 35.1 Å². The first-order chi connectivity index (χ1) is 14.3. The van der Waals surface area contributed by atoms with E-state index in [2.05, 4.69) is 5.32 Å². The Morgan fingerprint density at radius 3 is 2.29 bits per heavy atom. The number of hydrogen-bond donors (Lipinski definition) is 3. The van der Waals surface area contributed by atoms with E-state index in [0.717, 1.165) is 18.4 Å². The molecule has 0 aliphatic carbocycles. The van der Waals surface area contributed by atoms with Crippen molar-refractivity contribution in [2.75, 3.05) is 17.3 Å². The zero-order chi connectivity index (χ0) is 23.4.